The maximum absolute atomic E-state index is 12.6. The van der Waals surface area contributed by atoms with Crippen LogP contribution in [-0.4, -0.2) is 33.2 Å². The quantitative estimate of drug-likeness (QED) is 0.765. The van der Waals surface area contributed by atoms with Crippen LogP contribution in [0.3, 0.4) is 0 Å². The van der Waals surface area contributed by atoms with Gasteiger partial charge in [-0.25, -0.2) is 0 Å². The summed E-state index contributed by atoms with van der Waals surface area (Å²) in [4.78, 5) is 12.6. The first-order valence-electron chi connectivity index (χ1n) is 9.91. The van der Waals surface area contributed by atoms with E-state index < -0.39 is 0 Å². The van der Waals surface area contributed by atoms with Crippen LogP contribution >= 0.6 is 0 Å². The van der Waals surface area contributed by atoms with Gasteiger partial charge < -0.3 is 20.1 Å². The number of amides is 1. The average molecular weight is 383 g/mol. The lowest BCUT2D eigenvalue weighted by molar-refractivity contribution is -0.126. The summed E-state index contributed by atoms with van der Waals surface area (Å²) in [5.41, 5.74) is 3.16. The summed E-state index contributed by atoms with van der Waals surface area (Å²) in [5, 5.41) is 6.42. The molecule has 0 atom stereocenters. The molecule has 0 aliphatic heterocycles. The van der Waals surface area contributed by atoms with Crippen LogP contribution in [0.15, 0.2) is 42.5 Å². The lowest BCUT2D eigenvalue weighted by atomic mass is 9.85. The Balaban J connectivity index is 1.67. The Kier molecular flexibility index (Phi) is 6.93. The molecule has 1 amide bonds. The van der Waals surface area contributed by atoms with Crippen LogP contribution < -0.4 is 20.1 Å². The van der Waals surface area contributed by atoms with Crippen LogP contribution in [-0.2, 0) is 11.3 Å². The van der Waals surface area contributed by atoms with Crippen LogP contribution in [0.5, 0.6) is 11.5 Å². The number of benzene rings is 2. The number of hydrogen-bond acceptors (Lipinski definition) is 4. The molecule has 0 heterocycles. The fraction of sp³-hybridized carbons (Fsp3) is 0.435. The average Bonchev–Trinajstić information content (AvgIpc) is 2.77. The Hall–Kier alpha value is -2.53. The highest BCUT2D eigenvalue weighted by Gasteiger charge is 2.25. The van der Waals surface area contributed by atoms with E-state index in [1.165, 1.54) is 0 Å². The maximum atomic E-state index is 12.6. The number of nitrogens with one attached hydrogen (secondary N) is 2. The molecule has 0 spiro atoms. The minimum atomic E-state index is 0.111. The standard InChI is InChI=1S/C23H30N2O3/c1-24-20-9-4-17(5-10-20)23(26)25-15-19-14-18(8-13-22(19)28-3)16-6-11-21(27-2)12-7-16/h6-8,11-14,17,20,24H,4-5,9-10,15H2,1-3H3,(H,25,26). The number of carbonyl (C=O) groups excluding carboxylic acids is 1. The summed E-state index contributed by atoms with van der Waals surface area (Å²) in [7, 11) is 5.31. The number of hydrogen-bond donors (Lipinski definition) is 2. The zero-order valence-corrected chi connectivity index (χ0v) is 17.0. The summed E-state index contributed by atoms with van der Waals surface area (Å²) >= 11 is 0. The van der Waals surface area contributed by atoms with Gasteiger partial charge in [-0.1, -0.05) is 18.2 Å². The third-order valence-corrected chi connectivity index (χ3v) is 5.66. The van der Waals surface area contributed by atoms with Gasteiger partial charge in [-0.3, -0.25) is 4.79 Å². The van der Waals surface area contributed by atoms with Crippen LogP contribution in [0, 0.1) is 5.92 Å². The van der Waals surface area contributed by atoms with Crippen LogP contribution in [0.1, 0.15) is 31.2 Å². The van der Waals surface area contributed by atoms with Crippen LogP contribution in [0.2, 0.25) is 0 Å². The minimum absolute atomic E-state index is 0.111. The van der Waals surface area contributed by atoms with Gasteiger partial charge >= 0.3 is 0 Å². The molecule has 3 rings (SSSR count). The second-order valence-electron chi connectivity index (χ2n) is 7.31. The zero-order valence-electron chi connectivity index (χ0n) is 17.0. The molecule has 5 heteroatoms. The Morgan fingerprint density at radius 2 is 1.64 bits per heavy atom. The van der Waals surface area contributed by atoms with Gasteiger partial charge in [0.1, 0.15) is 11.5 Å². The van der Waals surface area contributed by atoms with Crippen LogP contribution in [0.25, 0.3) is 11.1 Å². The largest absolute Gasteiger partial charge is 0.497 e. The van der Waals surface area contributed by atoms with E-state index in [-0.39, 0.29) is 11.8 Å². The number of ether oxygens (including phenoxy) is 2. The van der Waals surface area contributed by atoms with E-state index in [1.54, 1.807) is 14.2 Å². The molecule has 1 aliphatic rings. The van der Waals surface area contributed by atoms with Crippen molar-refractivity contribution >= 4 is 5.91 Å². The van der Waals surface area contributed by atoms with Crippen molar-refractivity contribution in [3.05, 3.63) is 48.0 Å². The van der Waals surface area contributed by atoms with Crippen molar-refractivity contribution in [2.75, 3.05) is 21.3 Å². The molecule has 2 aromatic rings. The summed E-state index contributed by atoms with van der Waals surface area (Å²) in [6.45, 7) is 0.470. The smallest absolute Gasteiger partial charge is 0.223 e. The lowest BCUT2D eigenvalue weighted by Gasteiger charge is -2.27. The molecule has 1 aliphatic carbocycles. The maximum Gasteiger partial charge on any atom is 0.223 e. The van der Waals surface area contributed by atoms with Crippen molar-refractivity contribution in [3.8, 4) is 22.6 Å². The highest BCUT2D eigenvalue weighted by atomic mass is 16.5. The van der Waals surface area contributed by atoms with E-state index in [2.05, 4.69) is 16.7 Å². The van der Waals surface area contributed by atoms with E-state index in [4.69, 9.17) is 9.47 Å². The molecule has 0 aromatic heterocycles. The highest BCUT2D eigenvalue weighted by molar-refractivity contribution is 5.79. The van der Waals surface area contributed by atoms with Gasteiger partial charge in [-0.2, -0.15) is 0 Å². The molecule has 0 unspecified atom stereocenters. The predicted molar refractivity (Wildman–Crippen MR) is 112 cm³/mol. The van der Waals surface area contributed by atoms with Gasteiger partial charge in [0, 0.05) is 24.1 Å². The van der Waals surface area contributed by atoms with Gasteiger partial charge in [-0.05, 0) is 68.1 Å². The third-order valence-electron chi connectivity index (χ3n) is 5.66. The van der Waals surface area contributed by atoms with Crippen molar-refractivity contribution in [1.82, 2.24) is 10.6 Å². The van der Waals surface area contributed by atoms with E-state index in [1.807, 2.05) is 43.4 Å². The second kappa shape index (κ2) is 9.60. The zero-order chi connectivity index (χ0) is 19.9. The van der Waals surface area contributed by atoms with E-state index in [9.17, 15) is 4.79 Å². The van der Waals surface area contributed by atoms with E-state index >= 15 is 0 Å². The molecule has 5 nitrogen and oxygen atoms in total. The second-order valence-corrected chi connectivity index (χ2v) is 7.31. The molecule has 2 N–H and O–H groups in total. The first-order chi connectivity index (χ1) is 13.6. The Bertz CT molecular complexity index is 781. The summed E-state index contributed by atoms with van der Waals surface area (Å²) in [6.07, 6.45) is 4.01. The summed E-state index contributed by atoms with van der Waals surface area (Å²) in [6, 6.07) is 14.6. The van der Waals surface area contributed by atoms with Crippen molar-refractivity contribution in [2.24, 2.45) is 5.92 Å². The van der Waals surface area contributed by atoms with Crippen molar-refractivity contribution in [3.63, 3.8) is 0 Å². The van der Waals surface area contributed by atoms with Crippen LogP contribution in [0.4, 0.5) is 0 Å². The van der Waals surface area contributed by atoms with Crippen molar-refractivity contribution in [1.29, 1.82) is 0 Å². The molecule has 0 bridgehead atoms. The van der Waals surface area contributed by atoms with E-state index in [0.717, 1.165) is 53.9 Å². The summed E-state index contributed by atoms with van der Waals surface area (Å²) in [5.74, 6) is 1.88. The monoisotopic (exact) mass is 382 g/mol. The third kappa shape index (κ3) is 4.84. The SMILES string of the molecule is CNC1CCC(C(=O)NCc2cc(-c3ccc(OC)cc3)ccc2OC)CC1. The molecule has 150 valence electrons. The Morgan fingerprint density at radius 3 is 2.25 bits per heavy atom. The molecule has 28 heavy (non-hydrogen) atoms. The van der Waals surface area contributed by atoms with Gasteiger partial charge in [0.15, 0.2) is 0 Å². The van der Waals surface area contributed by atoms with Crippen molar-refractivity contribution in [2.45, 2.75) is 38.3 Å². The van der Waals surface area contributed by atoms with Crippen molar-refractivity contribution < 1.29 is 14.3 Å². The number of carbonyl (C=O) groups is 1. The van der Waals surface area contributed by atoms with Gasteiger partial charge in [0.05, 0.1) is 14.2 Å². The fourth-order valence-electron chi connectivity index (χ4n) is 3.85. The lowest BCUT2D eigenvalue weighted by Crippen LogP contribution is -2.37. The summed E-state index contributed by atoms with van der Waals surface area (Å²) < 4.78 is 10.7. The molecule has 1 fully saturated rings. The molecular formula is C23H30N2O3. The first-order valence-corrected chi connectivity index (χ1v) is 9.91. The topological polar surface area (TPSA) is 59.6 Å². The number of rotatable bonds is 7. The molecule has 2 aromatic carbocycles. The van der Waals surface area contributed by atoms with E-state index in [0.29, 0.717) is 12.6 Å². The number of methoxy groups -OCH3 is 2. The molecule has 0 radical (unpaired) electrons. The van der Waals surface area contributed by atoms with Gasteiger partial charge in [-0.15, -0.1) is 0 Å². The molecular weight excluding hydrogens is 352 g/mol. The predicted octanol–water partition coefficient (Wildman–Crippen LogP) is 3.77. The fourth-order valence-corrected chi connectivity index (χ4v) is 3.85. The molecule has 1 saturated carbocycles. The molecule has 0 saturated heterocycles. The highest BCUT2D eigenvalue weighted by Crippen LogP contribution is 2.29. The Morgan fingerprint density at radius 1 is 0.964 bits per heavy atom. The normalized spacial score (nSPS) is 19.1. The van der Waals surface area contributed by atoms with Gasteiger partial charge in [0.2, 0.25) is 5.91 Å². The first kappa shape index (κ1) is 20.2. The minimum Gasteiger partial charge on any atom is -0.497 e. The van der Waals surface area contributed by atoms with Gasteiger partial charge in [0.25, 0.3) is 0 Å². The Labute approximate surface area is 167 Å².